The molecule has 1 aliphatic rings. The number of amides is 1. The first-order valence-electron chi connectivity index (χ1n) is 10.8. The van der Waals surface area contributed by atoms with E-state index >= 15 is 0 Å². The molecular formula is C26H22N2O5S2. The van der Waals surface area contributed by atoms with Gasteiger partial charge in [0.2, 0.25) is 0 Å². The van der Waals surface area contributed by atoms with E-state index in [2.05, 4.69) is 0 Å². The third-order valence-electron chi connectivity index (χ3n) is 5.29. The maximum absolute atomic E-state index is 13.1. The monoisotopic (exact) mass is 506 g/mol. The number of carbonyl (C=O) groups is 1. The molecule has 35 heavy (non-hydrogen) atoms. The zero-order valence-electron chi connectivity index (χ0n) is 19.1. The zero-order chi connectivity index (χ0) is 24.9. The van der Waals surface area contributed by atoms with Crippen LogP contribution in [0.2, 0.25) is 0 Å². The van der Waals surface area contributed by atoms with Crippen LogP contribution in [0.3, 0.4) is 0 Å². The van der Waals surface area contributed by atoms with E-state index in [1.54, 1.807) is 47.4 Å². The molecule has 1 saturated heterocycles. The van der Waals surface area contributed by atoms with Crippen molar-refractivity contribution in [2.75, 3.05) is 11.5 Å². The molecule has 0 aliphatic carbocycles. The number of nitro groups is 1. The van der Waals surface area contributed by atoms with Gasteiger partial charge >= 0.3 is 0 Å². The topological polar surface area (TPSA) is 81.9 Å². The molecule has 178 valence electrons. The fourth-order valence-corrected chi connectivity index (χ4v) is 4.89. The molecule has 0 aromatic heterocycles. The van der Waals surface area contributed by atoms with Crippen LogP contribution in [0.4, 0.5) is 11.4 Å². The molecule has 0 radical (unpaired) electrons. The lowest BCUT2D eigenvalue weighted by Gasteiger charge is -2.16. The molecule has 0 bridgehead atoms. The first-order valence-corrected chi connectivity index (χ1v) is 12.1. The summed E-state index contributed by atoms with van der Waals surface area (Å²) >= 11 is 6.73. The van der Waals surface area contributed by atoms with Crippen LogP contribution in [0.15, 0.2) is 71.6 Å². The Balaban J connectivity index is 1.57. The van der Waals surface area contributed by atoms with Crippen molar-refractivity contribution in [3.8, 4) is 11.5 Å². The molecule has 4 rings (SSSR count). The second-order valence-corrected chi connectivity index (χ2v) is 9.29. The third kappa shape index (κ3) is 5.36. The smallest absolute Gasteiger partial charge is 0.276 e. The summed E-state index contributed by atoms with van der Waals surface area (Å²) in [6.45, 7) is 4.22. The number of hydrogen-bond acceptors (Lipinski definition) is 7. The molecule has 3 aromatic carbocycles. The quantitative estimate of drug-likeness (QED) is 0.154. The lowest BCUT2D eigenvalue weighted by atomic mass is 10.1. The summed E-state index contributed by atoms with van der Waals surface area (Å²) in [6, 6.07) is 19.4. The van der Waals surface area contributed by atoms with Gasteiger partial charge in [0.25, 0.3) is 11.6 Å². The fraction of sp³-hybridized carbons (Fsp3) is 0.154. The van der Waals surface area contributed by atoms with E-state index in [1.807, 2.05) is 38.1 Å². The van der Waals surface area contributed by atoms with Gasteiger partial charge in [0.15, 0.2) is 15.8 Å². The van der Waals surface area contributed by atoms with Crippen LogP contribution in [-0.4, -0.2) is 21.8 Å². The number of aryl methyl sites for hydroxylation is 1. The van der Waals surface area contributed by atoms with E-state index in [1.165, 1.54) is 17.8 Å². The SMILES string of the molecule is CCOc1cc(/C=C2/SC(=S)N(c3ccccc3C)C2=O)ccc1OCc1ccccc1[N+](=O)[O-]. The number of nitro benzene ring substituents is 1. The first-order chi connectivity index (χ1) is 16.9. The van der Waals surface area contributed by atoms with Crippen molar-refractivity contribution in [2.45, 2.75) is 20.5 Å². The Morgan fingerprint density at radius 2 is 1.80 bits per heavy atom. The molecular weight excluding hydrogens is 484 g/mol. The number of benzene rings is 3. The second kappa shape index (κ2) is 10.7. The Hall–Kier alpha value is -3.69. The highest BCUT2D eigenvalue weighted by Crippen LogP contribution is 2.38. The van der Waals surface area contributed by atoms with Gasteiger partial charge in [0.1, 0.15) is 6.61 Å². The number of carbonyl (C=O) groups excluding carboxylic acids is 1. The summed E-state index contributed by atoms with van der Waals surface area (Å²) in [4.78, 5) is 26.0. The minimum atomic E-state index is -0.432. The van der Waals surface area contributed by atoms with Gasteiger partial charge in [-0.3, -0.25) is 19.8 Å². The van der Waals surface area contributed by atoms with Gasteiger partial charge in [0, 0.05) is 6.07 Å². The van der Waals surface area contributed by atoms with Crippen LogP contribution in [0.5, 0.6) is 11.5 Å². The Kier molecular flexibility index (Phi) is 7.48. The van der Waals surface area contributed by atoms with Crippen molar-refractivity contribution >= 4 is 51.7 Å². The predicted octanol–water partition coefficient (Wildman–Crippen LogP) is 6.29. The summed E-state index contributed by atoms with van der Waals surface area (Å²) in [6.07, 6.45) is 1.77. The number of thiocarbonyl (C=S) groups is 1. The number of para-hydroxylation sites is 2. The van der Waals surface area contributed by atoms with Crippen molar-refractivity contribution in [1.29, 1.82) is 0 Å². The number of thioether (sulfide) groups is 1. The molecule has 1 heterocycles. The largest absolute Gasteiger partial charge is 0.490 e. The molecule has 9 heteroatoms. The standard InChI is InChI=1S/C26H22N2O5S2/c1-3-32-23-14-18(12-13-22(23)33-16-19-9-5-7-11-21(19)28(30)31)15-24-25(29)27(26(34)35-24)20-10-6-4-8-17(20)2/h4-15H,3,16H2,1-2H3/b24-15+. The molecule has 0 N–H and O–H groups in total. The first kappa shape index (κ1) is 24.4. The van der Waals surface area contributed by atoms with Crippen LogP contribution in [0, 0.1) is 17.0 Å². The van der Waals surface area contributed by atoms with E-state index in [0.717, 1.165) is 16.8 Å². The summed E-state index contributed by atoms with van der Waals surface area (Å²) in [7, 11) is 0. The summed E-state index contributed by atoms with van der Waals surface area (Å²) in [5.74, 6) is 0.757. The van der Waals surface area contributed by atoms with Crippen molar-refractivity contribution in [3.63, 3.8) is 0 Å². The molecule has 1 aliphatic heterocycles. The molecule has 7 nitrogen and oxygen atoms in total. The highest BCUT2D eigenvalue weighted by Gasteiger charge is 2.34. The van der Waals surface area contributed by atoms with E-state index < -0.39 is 4.92 Å². The van der Waals surface area contributed by atoms with Gasteiger partial charge in [0.05, 0.1) is 27.7 Å². The van der Waals surface area contributed by atoms with Crippen molar-refractivity contribution < 1.29 is 19.2 Å². The molecule has 1 fully saturated rings. The van der Waals surface area contributed by atoms with Crippen molar-refractivity contribution in [1.82, 2.24) is 0 Å². The average molecular weight is 507 g/mol. The highest BCUT2D eigenvalue weighted by molar-refractivity contribution is 8.27. The highest BCUT2D eigenvalue weighted by atomic mass is 32.2. The van der Waals surface area contributed by atoms with Gasteiger partial charge in [-0.15, -0.1) is 0 Å². The number of ether oxygens (including phenoxy) is 2. The normalized spacial score (nSPS) is 14.5. The fourth-order valence-electron chi connectivity index (χ4n) is 3.61. The van der Waals surface area contributed by atoms with Crippen LogP contribution >= 0.6 is 24.0 Å². The van der Waals surface area contributed by atoms with E-state index in [-0.39, 0.29) is 18.2 Å². The summed E-state index contributed by atoms with van der Waals surface area (Å²) in [5.41, 5.74) is 2.94. The number of anilines is 1. The minimum absolute atomic E-state index is 0.00207. The van der Waals surface area contributed by atoms with Gasteiger partial charge in [-0.1, -0.05) is 60.4 Å². The van der Waals surface area contributed by atoms with Crippen LogP contribution < -0.4 is 14.4 Å². The maximum Gasteiger partial charge on any atom is 0.276 e. The Morgan fingerprint density at radius 3 is 2.54 bits per heavy atom. The molecule has 1 amide bonds. The van der Waals surface area contributed by atoms with Crippen LogP contribution in [0.1, 0.15) is 23.6 Å². The number of nitrogens with zero attached hydrogens (tertiary/aromatic N) is 2. The van der Waals surface area contributed by atoms with E-state index in [0.29, 0.717) is 32.9 Å². The number of rotatable bonds is 8. The summed E-state index contributed by atoms with van der Waals surface area (Å²) in [5, 5.41) is 11.3. The molecule has 0 saturated carbocycles. The molecule has 0 spiro atoms. The third-order valence-corrected chi connectivity index (χ3v) is 6.59. The Morgan fingerprint density at radius 1 is 1.06 bits per heavy atom. The van der Waals surface area contributed by atoms with Crippen molar-refractivity contribution in [2.24, 2.45) is 0 Å². The van der Waals surface area contributed by atoms with E-state index in [4.69, 9.17) is 21.7 Å². The van der Waals surface area contributed by atoms with Gasteiger partial charge in [-0.25, -0.2) is 0 Å². The average Bonchev–Trinajstić information content (AvgIpc) is 3.11. The minimum Gasteiger partial charge on any atom is -0.490 e. The maximum atomic E-state index is 13.1. The van der Waals surface area contributed by atoms with Crippen LogP contribution in [0.25, 0.3) is 6.08 Å². The predicted molar refractivity (Wildman–Crippen MR) is 142 cm³/mol. The van der Waals surface area contributed by atoms with Gasteiger partial charge in [-0.2, -0.15) is 0 Å². The Bertz CT molecular complexity index is 1340. The van der Waals surface area contributed by atoms with Crippen LogP contribution in [-0.2, 0) is 11.4 Å². The molecule has 3 aromatic rings. The van der Waals surface area contributed by atoms with E-state index in [9.17, 15) is 14.9 Å². The van der Waals surface area contributed by atoms with Gasteiger partial charge < -0.3 is 9.47 Å². The summed E-state index contributed by atoms with van der Waals surface area (Å²) < 4.78 is 12.1. The lowest BCUT2D eigenvalue weighted by Crippen LogP contribution is -2.28. The van der Waals surface area contributed by atoms with Crippen molar-refractivity contribution in [3.05, 3.63) is 98.4 Å². The Labute approximate surface area is 212 Å². The molecule has 0 unspecified atom stereocenters. The number of hydrogen-bond donors (Lipinski definition) is 0. The van der Waals surface area contributed by atoms with Gasteiger partial charge in [-0.05, 0) is 55.3 Å². The zero-order valence-corrected chi connectivity index (χ0v) is 20.7. The lowest BCUT2D eigenvalue weighted by molar-refractivity contribution is -0.385. The second-order valence-electron chi connectivity index (χ2n) is 7.62. The molecule has 0 atom stereocenters.